The Kier molecular flexibility index (Phi) is 6.02. The predicted molar refractivity (Wildman–Crippen MR) is 118 cm³/mol. The number of benzene rings is 3. The maximum absolute atomic E-state index is 13.7. The molecule has 6 nitrogen and oxygen atoms in total. The SMILES string of the molecule is COc1ccc(CC(=O)Nc2ccc(-c3nc4ccccc4n3C(F)F)cc2)cc1OC. The van der Waals surface area contributed by atoms with Gasteiger partial charge in [0.1, 0.15) is 5.82 Å². The third-order valence-electron chi connectivity index (χ3n) is 5.03. The summed E-state index contributed by atoms with van der Waals surface area (Å²) >= 11 is 0. The van der Waals surface area contributed by atoms with Crippen LogP contribution in [0.4, 0.5) is 14.5 Å². The normalized spacial score (nSPS) is 11.0. The van der Waals surface area contributed by atoms with Gasteiger partial charge in [-0.05, 0) is 54.1 Å². The van der Waals surface area contributed by atoms with Gasteiger partial charge in [-0.25, -0.2) is 4.98 Å². The number of halogens is 2. The van der Waals surface area contributed by atoms with Crippen molar-refractivity contribution < 1.29 is 23.0 Å². The molecule has 0 aliphatic rings. The lowest BCUT2D eigenvalue weighted by atomic mass is 10.1. The summed E-state index contributed by atoms with van der Waals surface area (Å²) in [6.07, 6.45) is 0.142. The van der Waals surface area contributed by atoms with Gasteiger partial charge in [0.15, 0.2) is 11.5 Å². The Morgan fingerprint density at radius 2 is 1.72 bits per heavy atom. The molecule has 3 aromatic carbocycles. The second-order valence-corrected chi connectivity index (χ2v) is 7.06. The van der Waals surface area contributed by atoms with E-state index in [0.29, 0.717) is 33.8 Å². The highest BCUT2D eigenvalue weighted by atomic mass is 19.3. The number of alkyl halides is 2. The van der Waals surface area contributed by atoms with Gasteiger partial charge in [0.2, 0.25) is 5.91 Å². The van der Waals surface area contributed by atoms with Crippen molar-refractivity contribution in [2.45, 2.75) is 13.0 Å². The van der Waals surface area contributed by atoms with Gasteiger partial charge >= 0.3 is 6.55 Å². The monoisotopic (exact) mass is 437 g/mol. The lowest BCUT2D eigenvalue weighted by molar-refractivity contribution is -0.115. The molecular formula is C24H21F2N3O3. The molecule has 1 N–H and O–H groups in total. The molecule has 0 radical (unpaired) electrons. The lowest BCUT2D eigenvalue weighted by Gasteiger charge is -2.11. The summed E-state index contributed by atoms with van der Waals surface area (Å²) in [5.74, 6) is 1.08. The summed E-state index contributed by atoms with van der Waals surface area (Å²) < 4.78 is 38.7. The fourth-order valence-corrected chi connectivity index (χ4v) is 3.53. The molecule has 4 aromatic rings. The minimum Gasteiger partial charge on any atom is -0.493 e. The number of amides is 1. The Morgan fingerprint density at radius 1 is 1.00 bits per heavy atom. The Hall–Kier alpha value is -3.94. The highest BCUT2D eigenvalue weighted by Gasteiger charge is 2.18. The molecule has 1 heterocycles. The van der Waals surface area contributed by atoms with Crippen LogP contribution in [0, 0.1) is 0 Å². The molecule has 0 saturated carbocycles. The first-order valence-electron chi connectivity index (χ1n) is 9.86. The second kappa shape index (κ2) is 9.05. The minimum absolute atomic E-state index is 0.142. The molecule has 0 aliphatic heterocycles. The van der Waals surface area contributed by atoms with E-state index in [1.165, 1.54) is 7.11 Å². The first-order valence-corrected chi connectivity index (χ1v) is 9.86. The topological polar surface area (TPSA) is 65.4 Å². The molecule has 164 valence electrons. The predicted octanol–water partition coefficient (Wildman–Crippen LogP) is 5.30. The molecule has 0 atom stereocenters. The van der Waals surface area contributed by atoms with Crippen molar-refractivity contribution in [2.75, 3.05) is 19.5 Å². The molecule has 1 aromatic heterocycles. The van der Waals surface area contributed by atoms with E-state index in [-0.39, 0.29) is 18.2 Å². The number of rotatable bonds is 7. The number of methoxy groups -OCH3 is 2. The maximum atomic E-state index is 13.7. The Morgan fingerprint density at radius 3 is 2.41 bits per heavy atom. The van der Waals surface area contributed by atoms with E-state index in [2.05, 4.69) is 10.3 Å². The van der Waals surface area contributed by atoms with Crippen molar-refractivity contribution >= 4 is 22.6 Å². The molecule has 0 unspecified atom stereocenters. The van der Waals surface area contributed by atoms with Gasteiger partial charge in [0.05, 0.1) is 31.7 Å². The number of fused-ring (bicyclic) bond motifs is 1. The van der Waals surface area contributed by atoms with E-state index in [1.807, 2.05) is 0 Å². The number of para-hydroxylation sites is 2. The number of hydrogen-bond donors (Lipinski definition) is 1. The number of imidazole rings is 1. The first-order chi connectivity index (χ1) is 15.5. The standard InChI is InChI=1S/C24H21F2N3O3/c1-31-20-12-7-15(13-21(20)32-2)14-22(30)27-17-10-8-16(9-11-17)23-28-18-5-3-4-6-19(18)29(23)24(25)26/h3-13,24H,14H2,1-2H3,(H,27,30). The molecule has 0 aliphatic carbocycles. The molecule has 0 bridgehead atoms. The van der Waals surface area contributed by atoms with Gasteiger partial charge in [0, 0.05) is 11.3 Å². The van der Waals surface area contributed by atoms with Crippen molar-refractivity contribution in [1.29, 1.82) is 0 Å². The van der Waals surface area contributed by atoms with Crippen molar-refractivity contribution in [3.8, 4) is 22.9 Å². The Balaban J connectivity index is 1.51. The summed E-state index contributed by atoms with van der Waals surface area (Å²) in [7, 11) is 3.08. The third kappa shape index (κ3) is 4.25. The summed E-state index contributed by atoms with van der Waals surface area (Å²) in [4.78, 5) is 16.8. The van der Waals surface area contributed by atoms with Crippen molar-refractivity contribution in [1.82, 2.24) is 9.55 Å². The van der Waals surface area contributed by atoms with Gasteiger partial charge in [-0.15, -0.1) is 0 Å². The van der Waals surface area contributed by atoms with Crippen LogP contribution in [0.1, 0.15) is 12.1 Å². The van der Waals surface area contributed by atoms with Gasteiger partial charge in [0.25, 0.3) is 0 Å². The Bertz CT molecular complexity index is 1250. The molecule has 8 heteroatoms. The van der Waals surface area contributed by atoms with Crippen LogP contribution in [-0.2, 0) is 11.2 Å². The van der Waals surface area contributed by atoms with Crippen LogP contribution in [-0.4, -0.2) is 29.7 Å². The largest absolute Gasteiger partial charge is 0.493 e. The number of nitrogens with one attached hydrogen (secondary N) is 1. The third-order valence-corrected chi connectivity index (χ3v) is 5.03. The molecule has 0 fully saturated rings. The van der Waals surface area contributed by atoms with E-state index in [9.17, 15) is 13.6 Å². The first kappa shape index (κ1) is 21.3. The molecule has 1 amide bonds. The zero-order valence-corrected chi connectivity index (χ0v) is 17.5. The highest BCUT2D eigenvalue weighted by Crippen LogP contribution is 2.31. The van der Waals surface area contributed by atoms with Crippen LogP contribution in [0.15, 0.2) is 66.7 Å². The lowest BCUT2D eigenvalue weighted by Crippen LogP contribution is -2.14. The zero-order chi connectivity index (χ0) is 22.7. The molecule has 4 rings (SSSR count). The van der Waals surface area contributed by atoms with Gasteiger partial charge < -0.3 is 14.8 Å². The fourth-order valence-electron chi connectivity index (χ4n) is 3.53. The van der Waals surface area contributed by atoms with E-state index in [1.54, 1.807) is 73.8 Å². The van der Waals surface area contributed by atoms with Crippen LogP contribution < -0.4 is 14.8 Å². The number of ether oxygens (including phenoxy) is 2. The fraction of sp³-hybridized carbons (Fsp3) is 0.167. The van der Waals surface area contributed by atoms with Crippen LogP contribution in [0.5, 0.6) is 11.5 Å². The van der Waals surface area contributed by atoms with E-state index >= 15 is 0 Å². The molecular weight excluding hydrogens is 416 g/mol. The van der Waals surface area contributed by atoms with E-state index in [0.717, 1.165) is 10.1 Å². The summed E-state index contributed by atoms with van der Waals surface area (Å²) in [5.41, 5.74) is 2.71. The van der Waals surface area contributed by atoms with Gasteiger partial charge in [-0.2, -0.15) is 8.78 Å². The summed E-state index contributed by atoms with van der Waals surface area (Å²) in [6, 6.07) is 18.7. The Labute approximate surface area is 183 Å². The number of aromatic nitrogens is 2. The number of hydrogen-bond acceptors (Lipinski definition) is 4. The minimum atomic E-state index is -2.72. The van der Waals surface area contributed by atoms with Crippen LogP contribution in [0.25, 0.3) is 22.4 Å². The maximum Gasteiger partial charge on any atom is 0.320 e. The number of carbonyl (C=O) groups excluding carboxylic acids is 1. The van der Waals surface area contributed by atoms with E-state index < -0.39 is 6.55 Å². The highest BCUT2D eigenvalue weighted by molar-refractivity contribution is 5.92. The molecule has 0 spiro atoms. The average Bonchev–Trinajstić information content (AvgIpc) is 3.19. The number of nitrogens with zero attached hydrogens (tertiary/aromatic N) is 2. The molecule has 32 heavy (non-hydrogen) atoms. The second-order valence-electron chi connectivity index (χ2n) is 7.06. The summed E-state index contributed by atoms with van der Waals surface area (Å²) in [5, 5.41) is 2.81. The molecule has 0 saturated heterocycles. The van der Waals surface area contributed by atoms with Crippen LogP contribution in [0.3, 0.4) is 0 Å². The number of carbonyl (C=O) groups is 1. The average molecular weight is 437 g/mol. The zero-order valence-electron chi connectivity index (χ0n) is 17.5. The van der Waals surface area contributed by atoms with E-state index in [4.69, 9.17) is 9.47 Å². The van der Waals surface area contributed by atoms with Crippen LogP contribution in [0.2, 0.25) is 0 Å². The number of anilines is 1. The quantitative estimate of drug-likeness (QED) is 0.426. The van der Waals surface area contributed by atoms with Gasteiger partial charge in [-0.3, -0.25) is 9.36 Å². The van der Waals surface area contributed by atoms with Crippen LogP contribution >= 0.6 is 0 Å². The van der Waals surface area contributed by atoms with Crippen molar-refractivity contribution in [3.63, 3.8) is 0 Å². The van der Waals surface area contributed by atoms with Gasteiger partial charge in [-0.1, -0.05) is 18.2 Å². The smallest absolute Gasteiger partial charge is 0.320 e. The van der Waals surface area contributed by atoms with Crippen molar-refractivity contribution in [3.05, 3.63) is 72.3 Å². The summed E-state index contributed by atoms with van der Waals surface area (Å²) in [6.45, 7) is -2.72. The van der Waals surface area contributed by atoms with Crippen molar-refractivity contribution in [2.24, 2.45) is 0 Å².